The molecule has 1 saturated carbocycles. The topological polar surface area (TPSA) is 47.3 Å². The average Bonchev–Trinajstić information content (AvgIpc) is 2.96. The molecule has 1 N–H and O–H groups in total. The van der Waals surface area contributed by atoms with Crippen molar-refractivity contribution in [2.45, 2.75) is 38.4 Å². The quantitative estimate of drug-likeness (QED) is 0.887. The van der Waals surface area contributed by atoms with Crippen LogP contribution in [0.5, 0.6) is 0 Å². The maximum atomic E-state index is 10.3. The highest BCUT2D eigenvalue weighted by Crippen LogP contribution is 2.36. The number of aliphatic hydroxyl groups excluding tert-OH is 1. The minimum atomic E-state index is -0.435. The van der Waals surface area contributed by atoms with Gasteiger partial charge in [-0.1, -0.05) is 18.2 Å². The summed E-state index contributed by atoms with van der Waals surface area (Å²) in [4.78, 5) is 0. The maximum Gasteiger partial charge on any atom is 0.0823 e. The van der Waals surface area contributed by atoms with Gasteiger partial charge in [-0.05, 0) is 44.2 Å². The Morgan fingerprint density at radius 1 is 1.33 bits per heavy atom. The molecular weight excluding hydrogens is 264 g/mol. The molecule has 0 aliphatic heterocycles. The lowest BCUT2D eigenvalue weighted by Crippen LogP contribution is -2.32. The maximum absolute atomic E-state index is 10.3. The molecule has 2 aromatic rings. The standard InChI is InChI=1S/C17H22N2O2/c1-2-21-16-8-13(9-16)10-17(20)14-11-18-19(12-14)15-6-4-3-5-7-15/h3-7,11-13,16-17,20H,2,8-10H2,1H3. The number of aromatic nitrogens is 2. The van der Waals surface area contributed by atoms with Crippen molar-refractivity contribution in [3.63, 3.8) is 0 Å². The van der Waals surface area contributed by atoms with Crippen LogP contribution >= 0.6 is 0 Å². The van der Waals surface area contributed by atoms with Gasteiger partial charge in [0.05, 0.1) is 24.1 Å². The van der Waals surface area contributed by atoms with Gasteiger partial charge in [0.1, 0.15) is 0 Å². The highest BCUT2D eigenvalue weighted by molar-refractivity contribution is 5.31. The number of benzene rings is 1. The molecule has 0 amide bonds. The van der Waals surface area contributed by atoms with Crippen LogP contribution in [0.4, 0.5) is 0 Å². The predicted octanol–water partition coefficient (Wildman–Crippen LogP) is 3.11. The van der Waals surface area contributed by atoms with Crippen molar-refractivity contribution in [1.82, 2.24) is 9.78 Å². The van der Waals surface area contributed by atoms with E-state index < -0.39 is 6.10 Å². The van der Waals surface area contributed by atoms with Gasteiger partial charge < -0.3 is 9.84 Å². The molecule has 1 atom stereocenters. The molecule has 1 aromatic carbocycles. The summed E-state index contributed by atoms with van der Waals surface area (Å²) < 4.78 is 7.37. The Kier molecular flexibility index (Phi) is 4.36. The molecule has 1 fully saturated rings. The van der Waals surface area contributed by atoms with Crippen molar-refractivity contribution in [1.29, 1.82) is 0 Å². The fraction of sp³-hybridized carbons (Fsp3) is 0.471. The Morgan fingerprint density at radius 3 is 2.81 bits per heavy atom. The van der Waals surface area contributed by atoms with Crippen molar-refractivity contribution < 1.29 is 9.84 Å². The molecular formula is C17H22N2O2. The fourth-order valence-corrected chi connectivity index (χ4v) is 2.92. The lowest BCUT2D eigenvalue weighted by molar-refractivity contribution is -0.0380. The van der Waals surface area contributed by atoms with E-state index in [0.29, 0.717) is 12.0 Å². The van der Waals surface area contributed by atoms with Crippen molar-refractivity contribution in [2.75, 3.05) is 6.61 Å². The van der Waals surface area contributed by atoms with Crippen LogP contribution in [0.25, 0.3) is 5.69 Å². The molecule has 112 valence electrons. The number of hydrogen-bond donors (Lipinski definition) is 1. The van der Waals surface area contributed by atoms with Crippen LogP contribution in [-0.4, -0.2) is 27.6 Å². The van der Waals surface area contributed by atoms with E-state index in [1.165, 1.54) is 0 Å². The van der Waals surface area contributed by atoms with Gasteiger partial charge in [-0.15, -0.1) is 0 Å². The summed E-state index contributed by atoms with van der Waals surface area (Å²) in [7, 11) is 0. The van der Waals surface area contributed by atoms with E-state index in [4.69, 9.17) is 4.74 Å². The second-order valence-corrected chi connectivity index (χ2v) is 5.72. The van der Waals surface area contributed by atoms with E-state index >= 15 is 0 Å². The lowest BCUT2D eigenvalue weighted by Gasteiger charge is -2.35. The van der Waals surface area contributed by atoms with Crippen LogP contribution in [0.2, 0.25) is 0 Å². The second-order valence-electron chi connectivity index (χ2n) is 5.72. The van der Waals surface area contributed by atoms with E-state index in [1.54, 1.807) is 6.20 Å². The van der Waals surface area contributed by atoms with Gasteiger partial charge in [0.2, 0.25) is 0 Å². The SMILES string of the molecule is CCOC1CC(CC(O)c2cnn(-c3ccccc3)c2)C1. The van der Waals surface area contributed by atoms with Gasteiger partial charge in [-0.3, -0.25) is 0 Å². The third kappa shape index (κ3) is 3.34. The average molecular weight is 286 g/mol. The first-order valence-corrected chi connectivity index (χ1v) is 7.66. The summed E-state index contributed by atoms with van der Waals surface area (Å²) >= 11 is 0. The van der Waals surface area contributed by atoms with Crippen molar-refractivity contribution in [3.05, 3.63) is 48.3 Å². The van der Waals surface area contributed by atoms with Gasteiger partial charge in [0, 0.05) is 18.4 Å². The molecule has 0 saturated heterocycles. The van der Waals surface area contributed by atoms with Gasteiger partial charge in [0.25, 0.3) is 0 Å². The largest absolute Gasteiger partial charge is 0.388 e. The molecule has 4 heteroatoms. The molecule has 1 aliphatic carbocycles. The summed E-state index contributed by atoms with van der Waals surface area (Å²) in [5, 5.41) is 14.7. The summed E-state index contributed by atoms with van der Waals surface area (Å²) in [6, 6.07) is 9.95. The molecule has 21 heavy (non-hydrogen) atoms. The smallest absolute Gasteiger partial charge is 0.0823 e. The third-order valence-electron chi connectivity index (χ3n) is 4.16. The Bertz CT molecular complexity index is 561. The number of aliphatic hydroxyl groups is 1. The molecule has 0 radical (unpaired) electrons. The Morgan fingerprint density at radius 2 is 2.10 bits per heavy atom. The highest BCUT2D eigenvalue weighted by atomic mass is 16.5. The Labute approximate surface area is 125 Å². The third-order valence-corrected chi connectivity index (χ3v) is 4.16. The van der Waals surface area contributed by atoms with Gasteiger partial charge in [-0.25, -0.2) is 4.68 Å². The molecule has 0 spiro atoms. The van der Waals surface area contributed by atoms with E-state index in [1.807, 2.05) is 48.1 Å². The van der Waals surface area contributed by atoms with Crippen molar-refractivity contribution in [3.8, 4) is 5.69 Å². The Balaban J connectivity index is 1.57. The number of hydrogen-bond acceptors (Lipinski definition) is 3. The van der Waals surface area contributed by atoms with Gasteiger partial charge in [-0.2, -0.15) is 5.10 Å². The van der Waals surface area contributed by atoms with Crippen molar-refractivity contribution >= 4 is 0 Å². The van der Waals surface area contributed by atoms with Crippen LogP contribution in [0.1, 0.15) is 37.9 Å². The monoisotopic (exact) mass is 286 g/mol. The zero-order valence-electron chi connectivity index (χ0n) is 12.4. The zero-order valence-corrected chi connectivity index (χ0v) is 12.4. The first-order chi connectivity index (χ1) is 10.3. The summed E-state index contributed by atoms with van der Waals surface area (Å²) in [6.07, 6.45) is 6.57. The van der Waals surface area contributed by atoms with Crippen molar-refractivity contribution in [2.24, 2.45) is 5.92 Å². The highest BCUT2D eigenvalue weighted by Gasteiger charge is 2.31. The van der Waals surface area contributed by atoms with Crippen LogP contribution < -0.4 is 0 Å². The zero-order chi connectivity index (χ0) is 14.7. The number of para-hydroxylation sites is 1. The summed E-state index contributed by atoms with van der Waals surface area (Å²) in [5.41, 5.74) is 1.90. The first kappa shape index (κ1) is 14.3. The second kappa shape index (κ2) is 6.41. The van der Waals surface area contributed by atoms with Crippen LogP contribution in [-0.2, 0) is 4.74 Å². The molecule has 1 unspecified atom stereocenters. The van der Waals surface area contributed by atoms with Crippen LogP contribution in [0.15, 0.2) is 42.7 Å². The normalized spacial score (nSPS) is 22.8. The molecule has 1 heterocycles. The van der Waals surface area contributed by atoms with E-state index in [9.17, 15) is 5.11 Å². The number of nitrogens with zero attached hydrogens (tertiary/aromatic N) is 2. The molecule has 1 aromatic heterocycles. The minimum Gasteiger partial charge on any atom is -0.388 e. The minimum absolute atomic E-state index is 0.402. The molecule has 1 aliphatic rings. The van der Waals surface area contributed by atoms with E-state index in [-0.39, 0.29) is 0 Å². The summed E-state index contributed by atoms with van der Waals surface area (Å²) in [6.45, 7) is 2.81. The molecule has 4 nitrogen and oxygen atoms in total. The predicted molar refractivity (Wildman–Crippen MR) is 81.3 cm³/mol. The molecule has 0 bridgehead atoms. The van der Waals surface area contributed by atoms with Crippen LogP contribution in [0.3, 0.4) is 0 Å². The first-order valence-electron chi connectivity index (χ1n) is 7.66. The van der Waals surface area contributed by atoms with Gasteiger partial charge in [0.15, 0.2) is 0 Å². The van der Waals surface area contributed by atoms with Crippen LogP contribution in [0, 0.1) is 5.92 Å². The summed E-state index contributed by atoms with van der Waals surface area (Å²) in [5.74, 6) is 0.566. The van der Waals surface area contributed by atoms with E-state index in [0.717, 1.165) is 37.1 Å². The van der Waals surface area contributed by atoms with E-state index in [2.05, 4.69) is 5.10 Å². The fourth-order valence-electron chi connectivity index (χ4n) is 2.92. The Hall–Kier alpha value is -1.65. The number of rotatable bonds is 6. The molecule has 3 rings (SSSR count). The number of ether oxygens (including phenoxy) is 1. The van der Waals surface area contributed by atoms with Gasteiger partial charge >= 0.3 is 0 Å². The lowest BCUT2D eigenvalue weighted by atomic mass is 9.78.